The molecule has 0 heterocycles. The molecule has 0 aromatic heterocycles. The van der Waals surface area contributed by atoms with E-state index in [0.717, 1.165) is 12.0 Å². The van der Waals surface area contributed by atoms with Crippen molar-refractivity contribution in [3.05, 3.63) is 12.2 Å². The Kier molecular flexibility index (Phi) is 3.31. The van der Waals surface area contributed by atoms with Crippen molar-refractivity contribution in [2.45, 2.75) is 27.2 Å². The first-order chi connectivity index (χ1) is 6.70. The summed E-state index contributed by atoms with van der Waals surface area (Å²) in [6, 6.07) is 0. The van der Waals surface area contributed by atoms with E-state index < -0.39 is 10.1 Å². The molecule has 2 atom stereocenters. The van der Waals surface area contributed by atoms with Crippen molar-refractivity contribution >= 4 is 10.1 Å². The molecule has 0 aromatic carbocycles. The van der Waals surface area contributed by atoms with Crippen molar-refractivity contribution in [3.8, 4) is 0 Å². The first kappa shape index (κ1) is 12.7. The number of rotatable bonds is 4. The Bertz CT molecular complexity index is 354. The summed E-state index contributed by atoms with van der Waals surface area (Å²) in [6.07, 6.45) is 0.908. The summed E-state index contributed by atoms with van der Waals surface area (Å²) >= 11 is 0. The molecule has 0 aliphatic heterocycles. The van der Waals surface area contributed by atoms with Gasteiger partial charge in [-0.15, -0.1) is 0 Å². The van der Waals surface area contributed by atoms with Gasteiger partial charge in [-0.05, 0) is 30.6 Å². The predicted octanol–water partition coefficient (Wildman–Crippen LogP) is 2.20. The first-order valence-corrected chi connectivity index (χ1v) is 6.72. The number of allylic oxidation sites excluding steroid dienone is 1. The Labute approximate surface area is 92.6 Å². The highest BCUT2D eigenvalue weighted by atomic mass is 32.2. The number of hydrogen-bond donors (Lipinski definition) is 0. The van der Waals surface area contributed by atoms with E-state index in [-0.39, 0.29) is 17.1 Å². The smallest absolute Gasteiger partial charge is 0.267 e. The summed E-state index contributed by atoms with van der Waals surface area (Å²) in [5.74, 6) is 0.749. The van der Waals surface area contributed by atoms with E-state index in [1.54, 1.807) is 0 Å². The lowest BCUT2D eigenvalue weighted by Gasteiger charge is -2.52. The molecule has 0 saturated heterocycles. The van der Waals surface area contributed by atoms with Crippen LogP contribution in [0.25, 0.3) is 0 Å². The summed E-state index contributed by atoms with van der Waals surface area (Å²) in [5, 5.41) is 0. The maximum Gasteiger partial charge on any atom is 0.267 e. The first-order valence-electron chi connectivity index (χ1n) is 5.14. The highest BCUT2D eigenvalue weighted by Crippen LogP contribution is 2.54. The molecule has 0 spiro atoms. The highest BCUT2D eigenvalue weighted by molar-refractivity contribution is 7.86. The lowest BCUT2D eigenvalue weighted by atomic mass is 9.53. The van der Waals surface area contributed by atoms with Crippen LogP contribution in [0.2, 0.25) is 0 Å². The van der Waals surface area contributed by atoms with E-state index >= 15 is 0 Å². The third-order valence-electron chi connectivity index (χ3n) is 3.72. The van der Waals surface area contributed by atoms with Crippen LogP contribution in [0.5, 0.6) is 0 Å². The van der Waals surface area contributed by atoms with Gasteiger partial charge in [0.2, 0.25) is 0 Å². The summed E-state index contributed by atoms with van der Waals surface area (Å²) < 4.78 is 27.1. The minimum absolute atomic E-state index is 0.0252. The van der Waals surface area contributed by atoms with Crippen molar-refractivity contribution in [3.63, 3.8) is 0 Å². The molecule has 4 heteroatoms. The highest BCUT2D eigenvalue weighted by Gasteiger charge is 2.49. The minimum Gasteiger partial charge on any atom is -0.273 e. The van der Waals surface area contributed by atoms with Crippen molar-refractivity contribution in [1.29, 1.82) is 0 Å². The minimum atomic E-state index is -3.33. The Hall–Kier alpha value is -0.350. The molecular formula is C11H20O3S. The lowest BCUT2D eigenvalue weighted by molar-refractivity contribution is 0.0193. The Morgan fingerprint density at radius 1 is 1.53 bits per heavy atom. The Balaban J connectivity index is 2.68. The fourth-order valence-corrected chi connectivity index (χ4v) is 3.64. The van der Waals surface area contributed by atoms with Crippen molar-refractivity contribution in [2.75, 3.05) is 12.9 Å². The molecule has 2 unspecified atom stereocenters. The molecule has 0 bridgehead atoms. The predicted molar refractivity (Wildman–Crippen MR) is 61.0 cm³/mol. The Morgan fingerprint density at radius 2 is 2.07 bits per heavy atom. The van der Waals surface area contributed by atoms with E-state index in [9.17, 15) is 8.42 Å². The average molecular weight is 232 g/mol. The van der Waals surface area contributed by atoms with Crippen molar-refractivity contribution in [2.24, 2.45) is 17.3 Å². The van der Waals surface area contributed by atoms with Gasteiger partial charge in [0, 0.05) is 0 Å². The third-order valence-corrected chi connectivity index (χ3v) is 5.04. The van der Waals surface area contributed by atoms with E-state index in [1.165, 1.54) is 7.11 Å². The summed E-state index contributed by atoms with van der Waals surface area (Å²) in [7, 11) is -2.11. The Morgan fingerprint density at radius 3 is 2.40 bits per heavy atom. The van der Waals surface area contributed by atoms with Gasteiger partial charge in [-0.25, -0.2) is 0 Å². The maximum atomic E-state index is 11.3. The molecule has 1 saturated carbocycles. The molecule has 0 amide bonds. The quantitative estimate of drug-likeness (QED) is 0.551. The normalized spacial score (nSPS) is 29.6. The van der Waals surface area contributed by atoms with E-state index in [2.05, 4.69) is 24.6 Å². The van der Waals surface area contributed by atoms with Gasteiger partial charge >= 0.3 is 0 Å². The molecule has 1 fully saturated rings. The fraction of sp³-hybridized carbons (Fsp3) is 0.818. The molecule has 1 aliphatic carbocycles. The average Bonchev–Trinajstić information content (AvgIpc) is 2.11. The summed E-state index contributed by atoms with van der Waals surface area (Å²) in [6.45, 7) is 10.2. The van der Waals surface area contributed by atoms with Gasteiger partial charge in [-0.3, -0.25) is 4.18 Å². The molecule has 0 aromatic rings. The summed E-state index contributed by atoms with van der Waals surface area (Å²) in [4.78, 5) is 0. The van der Waals surface area contributed by atoms with Crippen LogP contribution in [-0.2, 0) is 14.3 Å². The van der Waals surface area contributed by atoms with E-state index in [0.29, 0.717) is 5.92 Å². The maximum absolute atomic E-state index is 11.3. The van der Waals surface area contributed by atoms with Crippen LogP contribution in [0.3, 0.4) is 0 Å². The lowest BCUT2D eigenvalue weighted by Crippen LogP contribution is -2.48. The monoisotopic (exact) mass is 232 g/mol. The van der Waals surface area contributed by atoms with Gasteiger partial charge in [-0.1, -0.05) is 26.0 Å². The van der Waals surface area contributed by atoms with Crippen LogP contribution in [-0.4, -0.2) is 21.3 Å². The standard InChI is InChI=1S/C11H20O3S/c1-8(2)10-6-9(11(10,3)4)7-15(12,13)14-5/h9-10H,1,6-7H2,2-5H3. The van der Waals surface area contributed by atoms with E-state index in [4.69, 9.17) is 0 Å². The van der Waals surface area contributed by atoms with Gasteiger partial charge in [0.15, 0.2) is 0 Å². The second kappa shape index (κ2) is 3.91. The summed E-state index contributed by atoms with van der Waals surface area (Å²) in [5.41, 5.74) is 1.17. The molecule has 0 N–H and O–H groups in total. The molecule has 1 aliphatic rings. The van der Waals surface area contributed by atoms with Crippen LogP contribution < -0.4 is 0 Å². The molecule has 3 nitrogen and oxygen atoms in total. The fourth-order valence-electron chi connectivity index (χ4n) is 2.45. The van der Waals surface area contributed by atoms with Gasteiger partial charge in [0.1, 0.15) is 0 Å². The largest absolute Gasteiger partial charge is 0.273 e. The molecule has 15 heavy (non-hydrogen) atoms. The molecular weight excluding hydrogens is 212 g/mol. The molecule has 0 radical (unpaired) electrons. The number of hydrogen-bond acceptors (Lipinski definition) is 3. The van der Waals surface area contributed by atoms with Crippen LogP contribution in [0.4, 0.5) is 0 Å². The van der Waals surface area contributed by atoms with Gasteiger partial charge in [-0.2, -0.15) is 8.42 Å². The zero-order valence-electron chi connectivity index (χ0n) is 9.91. The zero-order valence-corrected chi connectivity index (χ0v) is 10.7. The van der Waals surface area contributed by atoms with Gasteiger partial charge in [0.25, 0.3) is 10.1 Å². The van der Waals surface area contributed by atoms with Crippen LogP contribution in [0.15, 0.2) is 12.2 Å². The molecule has 1 rings (SSSR count). The van der Waals surface area contributed by atoms with Gasteiger partial charge < -0.3 is 0 Å². The van der Waals surface area contributed by atoms with Gasteiger partial charge in [0.05, 0.1) is 12.9 Å². The topological polar surface area (TPSA) is 43.4 Å². The second-order valence-corrected chi connectivity index (χ2v) is 6.83. The SMILES string of the molecule is C=C(C)C1CC(CS(=O)(=O)OC)C1(C)C. The second-order valence-electron chi connectivity index (χ2n) is 5.04. The molecule has 88 valence electrons. The third kappa shape index (κ3) is 2.42. The van der Waals surface area contributed by atoms with E-state index in [1.807, 2.05) is 6.92 Å². The van der Waals surface area contributed by atoms with Crippen LogP contribution in [0, 0.1) is 17.3 Å². The van der Waals surface area contributed by atoms with Crippen molar-refractivity contribution in [1.82, 2.24) is 0 Å². The van der Waals surface area contributed by atoms with Crippen LogP contribution >= 0.6 is 0 Å². The zero-order chi connectivity index (χ0) is 11.9. The van der Waals surface area contributed by atoms with Crippen LogP contribution in [0.1, 0.15) is 27.2 Å². The van der Waals surface area contributed by atoms with Crippen molar-refractivity contribution < 1.29 is 12.6 Å².